The highest BCUT2D eigenvalue weighted by atomic mass is 35.5. The van der Waals surface area contributed by atoms with Crippen LogP contribution in [0.15, 0.2) is 30.3 Å². The molecule has 0 aromatic heterocycles. The van der Waals surface area contributed by atoms with E-state index in [0.29, 0.717) is 6.42 Å². The monoisotopic (exact) mass is 311 g/mol. The number of carbonyl (C=O) groups is 1. The van der Waals surface area contributed by atoms with Crippen molar-refractivity contribution in [2.24, 2.45) is 0 Å². The summed E-state index contributed by atoms with van der Waals surface area (Å²) >= 11 is 0. The third-order valence-electron chi connectivity index (χ3n) is 3.36. The SMILES string of the molecule is COc1ccc(C=CC(=O)CCN2CCOCC2)cc1.Cl. The number of rotatable bonds is 6. The number of allylic oxidation sites excluding steroid dienone is 1. The van der Waals surface area contributed by atoms with E-state index in [4.69, 9.17) is 9.47 Å². The number of hydrogen-bond acceptors (Lipinski definition) is 4. The second-order valence-electron chi connectivity index (χ2n) is 4.78. The van der Waals surface area contributed by atoms with E-state index in [1.807, 2.05) is 30.3 Å². The first kappa shape index (κ1) is 17.7. The normalized spacial score (nSPS) is 15.7. The molecule has 0 radical (unpaired) electrons. The van der Waals surface area contributed by atoms with Crippen LogP contribution < -0.4 is 4.74 Å². The fourth-order valence-corrected chi connectivity index (χ4v) is 2.08. The summed E-state index contributed by atoms with van der Waals surface area (Å²) in [5.41, 5.74) is 1.01. The Bertz CT molecular complexity index is 453. The Kier molecular flexibility index (Phi) is 8.05. The average molecular weight is 312 g/mol. The quantitative estimate of drug-likeness (QED) is 0.756. The van der Waals surface area contributed by atoms with Crippen molar-refractivity contribution in [3.8, 4) is 5.75 Å². The second-order valence-corrected chi connectivity index (χ2v) is 4.78. The minimum absolute atomic E-state index is 0. The lowest BCUT2D eigenvalue weighted by molar-refractivity contribution is -0.115. The summed E-state index contributed by atoms with van der Waals surface area (Å²) in [5, 5.41) is 0. The van der Waals surface area contributed by atoms with E-state index in [0.717, 1.165) is 44.2 Å². The van der Waals surface area contributed by atoms with E-state index in [1.165, 1.54) is 0 Å². The molecule has 1 heterocycles. The molecule has 1 saturated heterocycles. The van der Waals surface area contributed by atoms with E-state index in [1.54, 1.807) is 13.2 Å². The zero-order chi connectivity index (χ0) is 14.2. The molecule has 1 aromatic carbocycles. The lowest BCUT2D eigenvalue weighted by atomic mass is 10.1. The van der Waals surface area contributed by atoms with Crippen LogP contribution in [0.5, 0.6) is 5.75 Å². The molecule has 5 heteroatoms. The summed E-state index contributed by atoms with van der Waals surface area (Å²) in [6, 6.07) is 7.64. The van der Waals surface area contributed by atoms with Crippen LogP contribution >= 0.6 is 12.4 Å². The molecule has 0 N–H and O–H groups in total. The van der Waals surface area contributed by atoms with Gasteiger partial charge in [-0.05, 0) is 23.8 Å². The summed E-state index contributed by atoms with van der Waals surface area (Å²) < 4.78 is 10.4. The smallest absolute Gasteiger partial charge is 0.156 e. The van der Waals surface area contributed by atoms with Crippen molar-refractivity contribution < 1.29 is 14.3 Å². The fourth-order valence-electron chi connectivity index (χ4n) is 2.08. The van der Waals surface area contributed by atoms with Crippen LogP contribution in [-0.4, -0.2) is 50.6 Å². The first-order valence-corrected chi connectivity index (χ1v) is 6.93. The summed E-state index contributed by atoms with van der Waals surface area (Å²) in [7, 11) is 1.64. The Morgan fingerprint density at radius 1 is 1.29 bits per heavy atom. The molecule has 0 bridgehead atoms. The third-order valence-corrected chi connectivity index (χ3v) is 3.36. The van der Waals surface area contributed by atoms with Gasteiger partial charge >= 0.3 is 0 Å². The average Bonchev–Trinajstić information content (AvgIpc) is 2.52. The number of halogens is 1. The molecular formula is C16H22ClNO3. The standard InChI is InChI=1S/C16H21NO3.ClH/c1-19-16-6-3-14(4-7-16)2-5-15(18)8-9-17-10-12-20-13-11-17;/h2-7H,8-13H2,1H3;1H. The first-order chi connectivity index (χ1) is 9.78. The van der Waals surface area contributed by atoms with Crippen molar-refractivity contribution in [2.45, 2.75) is 6.42 Å². The minimum Gasteiger partial charge on any atom is -0.497 e. The van der Waals surface area contributed by atoms with Crippen LogP contribution in [0, 0.1) is 0 Å². The lowest BCUT2D eigenvalue weighted by Gasteiger charge is -2.25. The Labute approximate surface area is 132 Å². The first-order valence-electron chi connectivity index (χ1n) is 6.93. The molecule has 0 amide bonds. The van der Waals surface area contributed by atoms with Crippen molar-refractivity contribution >= 4 is 24.3 Å². The van der Waals surface area contributed by atoms with Crippen LogP contribution in [0.25, 0.3) is 6.08 Å². The van der Waals surface area contributed by atoms with Crippen LogP contribution in [-0.2, 0) is 9.53 Å². The van der Waals surface area contributed by atoms with Crippen LogP contribution in [0.4, 0.5) is 0 Å². The zero-order valence-corrected chi connectivity index (χ0v) is 13.1. The summed E-state index contributed by atoms with van der Waals surface area (Å²) in [5.74, 6) is 0.980. The maximum Gasteiger partial charge on any atom is 0.156 e. The van der Waals surface area contributed by atoms with Crippen molar-refractivity contribution in [2.75, 3.05) is 40.0 Å². The molecule has 21 heavy (non-hydrogen) atoms. The van der Waals surface area contributed by atoms with Gasteiger partial charge in [0.1, 0.15) is 5.75 Å². The predicted molar refractivity (Wildman–Crippen MR) is 86.2 cm³/mol. The predicted octanol–water partition coefficient (Wildman–Crippen LogP) is 2.42. The maximum atomic E-state index is 11.8. The largest absolute Gasteiger partial charge is 0.497 e. The topological polar surface area (TPSA) is 38.8 Å². The van der Waals surface area contributed by atoms with Gasteiger partial charge in [-0.15, -0.1) is 12.4 Å². The van der Waals surface area contributed by atoms with Gasteiger partial charge in [0, 0.05) is 26.1 Å². The Morgan fingerprint density at radius 2 is 1.95 bits per heavy atom. The van der Waals surface area contributed by atoms with Crippen molar-refractivity contribution in [1.29, 1.82) is 0 Å². The van der Waals surface area contributed by atoms with Crippen LogP contribution in [0.1, 0.15) is 12.0 Å². The second kappa shape index (κ2) is 9.55. The van der Waals surface area contributed by atoms with Gasteiger partial charge in [0.05, 0.1) is 20.3 Å². The number of hydrogen-bond donors (Lipinski definition) is 0. The van der Waals surface area contributed by atoms with Crippen LogP contribution in [0.3, 0.4) is 0 Å². The van der Waals surface area contributed by atoms with E-state index in [-0.39, 0.29) is 18.2 Å². The molecule has 1 aromatic rings. The van der Waals surface area contributed by atoms with Crippen molar-refractivity contribution in [3.63, 3.8) is 0 Å². The molecule has 2 rings (SSSR count). The number of morpholine rings is 1. The lowest BCUT2D eigenvalue weighted by Crippen LogP contribution is -2.37. The maximum absolute atomic E-state index is 11.8. The molecule has 0 spiro atoms. The van der Waals surface area contributed by atoms with E-state index in [9.17, 15) is 4.79 Å². The number of carbonyl (C=O) groups excluding carboxylic acids is 1. The summed E-state index contributed by atoms with van der Waals surface area (Å²) in [4.78, 5) is 14.1. The molecule has 0 atom stereocenters. The Hall–Kier alpha value is -1.36. The highest BCUT2D eigenvalue weighted by Crippen LogP contribution is 2.12. The van der Waals surface area contributed by atoms with E-state index < -0.39 is 0 Å². The number of benzene rings is 1. The van der Waals surface area contributed by atoms with Crippen molar-refractivity contribution in [3.05, 3.63) is 35.9 Å². The Morgan fingerprint density at radius 3 is 2.57 bits per heavy atom. The van der Waals surface area contributed by atoms with Gasteiger partial charge in [-0.1, -0.05) is 18.2 Å². The molecule has 116 valence electrons. The third kappa shape index (κ3) is 6.29. The molecule has 0 aliphatic carbocycles. The number of methoxy groups -OCH3 is 1. The Balaban J connectivity index is 0.00000220. The van der Waals surface area contributed by atoms with Gasteiger partial charge in [0.2, 0.25) is 0 Å². The van der Waals surface area contributed by atoms with Gasteiger partial charge in [-0.3, -0.25) is 9.69 Å². The zero-order valence-electron chi connectivity index (χ0n) is 12.3. The van der Waals surface area contributed by atoms with Gasteiger partial charge < -0.3 is 9.47 Å². The van der Waals surface area contributed by atoms with E-state index in [2.05, 4.69) is 4.90 Å². The number of nitrogens with zero attached hydrogens (tertiary/aromatic N) is 1. The number of ketones is 1. The van der Waals surface area contributed by atoms with Gasteiger partial charge in [0.15, 0.2) is 5.78 Å². The molecule has 1 fully saturated rings. The summed E-state index contributed by atoms with van der Waals surface area (Å²) in [6.07, 6.45) is 4.07. The summed E-state index contributed by atoms with van der Waals surface area (Å²) in [6.45, 7) is 4.21. The molecular weight excluding hydrogens is 290 g/mol. The molecule has 0 unspecified atom stereocenters. The highest BCUT2D eigenvalue weighted by Gasteiger charge is 2.10. The van der Waals surface area contributed by atoms with Gasteiger partial charge in [-0.25, -0.2) is 0 Å². The molecule has 0 saturated carbocycles. The molecule has 1 aliphatic rings. The van der Waals surface area contributed by atoms with Gasteiger partial charge in [-0.2, -0.15) is 0 Å². The fraction of sp³-hybridized carbons (Fsp3) is 0.438. The van der Waals surface area contributed by atoms with Gasteiger partial charge in [0.25, 0.3) is 0 Å². The van der Waals surface area contributed by atoms with Crippen LogP contribution in [0.2, 0.25) is 0 Å². The number of ether oxygens (including phenoxy) is 2. The van der Waals surface area contributed by atoms with Crippen molar-refractivity contribution in [1.82, 2.24) is 4.90 Å². The highest BCUT2D eigenvalue weighted by molar-refractivity contribution is 5.93. The molecule has 4 nitrogen and oxygen atoms in total. The molecule has 1 aliphatic heterocycles. The van der Waals surface area contributed by atoms with E-state index >= 15 is 0 Å². The minimum atomic E-state index is 0.